The molecule has 18 heteroatoms. The number of aromatic nitrogens is 2. The molecule has 61 heavy (non-hydrogen) atoms. The fourth-order valence-corrected chi connectivity index (χ4v) is 10.7. The number of fused-ring (bicyclic) bond motifs is 2. The van der Waals surface area contributed by atoms with Crippen LogP contribution in [-0.4, -0.2) is 99.7 Å². The number of carbonyl (C=O) groups is 5. The van der Waals surface area contributed by atoms with Gasteiger partial charge in [-0.15, -0.1) is 0 Å². The number of likely N-dealkylation sites (tertiary alicyclic amines) is 1. The lowest BCUT2D eigenvalue weighted by molar-refractivity contribution is -0.141. The van der Waals surface area contributed by atoms with Crippen molar-refractivity contribution < 1.29 is 42.3 Å². The molecular weight excluding hydrogens is 814 g/mol. The number of imide groups is 2. The summed E-state index contributed by atoms with van der Waals surface area (Å²) in [7, 11) is 0. The van der Waals surface area contributed by atoms with Gasteiger partial charge >= 0.3 is 6.18 Å². The van der Waals surface area contributed by atoms with Crippen LogP contribution >= 0.6 is 11.3 Å². The highest BCUT2D eigenvalue weighted by Gasteiger charge is 2.48. The van der Waals surface area contributed by atoms with Crippen LogP contribution in [0.15, 0.2) is 48.5 Å². The number of alkyl halides is 3. The third-order valence-corrected chi connectivity index (χ3v) is 13.9. The Morgan fingerprint density at radius 3 is 2.41 bits per heavy atom. The number of halogens is 3. The molecule has 2 aromatic carbocycles. The monoisotopic (exact) mass is 858 g/mol. The van der Waals surface area contributed by atoms with Gasteiger partial charge in [0.25, 0.3) is 17.7 Å². The van der Waals surface area contributed by atoms with Crippen LogP contribution in [0.25, 0.3) is 10.2 Å². The zero-order valence-corrected chi connectivity index (χ0v) is 34.4. The summed E-state index contributed by atoms with van der Waals surface area (Å²) < 4.78 is 40.5. The first-order chi connectivity index (χ1) is 28.9. The van der Waals surface area contributed by atoms with Crippen molar-refractivity contribution in [2.45, 2.75) is 70.2 Å². The van der Waals surface area contributed by atoms with Crippen molar-refractivity contribution in [3.63, 3.8) is 0 Å². The number of carbonyl (C=O) groups excluding carboxylic acids is 5. The van der Waals surface area contributed by atoms with E-state index in [9.17, 15) is 42.3 Å². The molecule has 14 nitrogen and oxygen atoms in total. The van der Waals surface area contributed by atoms with E-state index in [0.29, 0.717) is 40.6 Å². The van der Waals surface area contributed by atoms with E-state index in [1.165, 1.54) is 17.4 Å². The van der Waals surface area contributed by atoms with Gasteiger partial charge in [-0.05, 0) is 107 Å². The molecule has 1 aliphatic carbocycles. The smallest absolute Gasteiger partial charge is 0.386 e. The Kier molecular flexibility index (Phi) is 10.2. The minimum absolute atomic E-state index is 0.0713. The molecule has 5 amide bonds. The lowest BCUT2D eigenvalue weighted by atomic mass is 9.57. The van der Waals surface area contributed by atoms with E-state index >= 15 is 0 Å². The molecule has 0 bridgehead atoms. The Labute approximate surface area is 352 Å². The Hall–Kier alpha value is -5.46. The van der Waals surface area contributed by atoms with Crippen molar-refractivity contribution >= 4 is 67.6 Å². The molecule has 1 unspecified atom stereocenters. The summed E-state index contributed by atoms with van der Waals surface area (Å²) >= 11 is 1.46. The molecule has 3 saturated heterocycles. The molecule has 5 aliphatic rings. The van der Waals surface area contributed by atoms with E-state index in [0.717, 1.165) is 85.3 Å². The topological polar surface area (TPSA) is 177 Å². The first kappa shape index (κ1) is 40.9. The Morgan fingerprint density at radius 1 is 0.967 bits per heavy atom. The van der Waals surface area contributed by atoms with Crippen LogP contribution in [0.4, 0.5) is 29.7 Å². The summed E-state index contributed by atoms with van der Waals surface area (Å²) in [6.07, 6.45) is -0.0800. The van der Waals surface area contributed by atoms with E-state index in [4.69, 9.17) is 4.98 Å². The normalized spacial score (nSPS) is 21.1. The Morgan fingerprint density at radius 2 is 1.70 bits per heavy atom. The maximum absolute atomic E-state index is 13.5. The number of rotatable bonds is 10. The van der Waals surface area contributed by atoms with Gasteiger partial charge in [-0.3, -0.25) is 34.2 Å². The number of nitrogens with zero attached hydrogens (tertiary/aromatic N) is 5. The Bertz CT molecular complexity index is 2460. The third-order valence-electron chi connectivity index (χ3n) is 12.8. The molecule has 4 aromatic rings. The zero-order valence-electron chi connectivity index (χ0n) is 33.6. The third kappa shape index (κ3) is 7.84. The number of aliphatic hydroxyl groups is 1. The fourth-order valence-electron chi connectivity index (χ4n) is 9.66. The van der Waals surface area contributed by atoms with Gasteiger partial charge in [-0.25, -0.2) is 9.97 Å². The van der Waals surface area contributed by atoms with Gasteiger partial charge in [-0.1, -0.05) is 23.5 Å². The van der Waals surface area contributed by atoms with Crippen LogP contribution < -0.4 is 20.9 Å². The zero-order chi connectivity index (χ0) is 43.0. The van der Waals surface area contributed by atoms with Crippen LogP contribution in [0.3, 0.4) is 0 Å². The van der Waals surface area contributed by atoms with E-state index in [1.54, 1.807) is 44.2 Å². The van der Waals surface area contributed by atoms with Crippen molar-refractivity contribution in [2.24, 2.45) is 17.3 Å². The number of benzene rings is 2. The van der Waals surface area contributed by atoms with Crippen LogP contribution in [0.2, 0.25) is 0 Å². The highest BCUT2D eigenvalue weighted by Crippen LogP contribution is 2.53. The largest absolute Gasteiger partial charge is 0.433 e. The molecule has 2 aromatic heterocycles. The second-order valence-electron chi connectivity index (χ2n) is 17.7. The van der Waals surface area contributed by atoms with Crippen LogP contribution in [0.1, 0.15) is 94.8 Å². The highest BCUT2D eigenvalue weighted by molar-refractivity contribution is 7.22. The average molecular weight is 859 g/mol. The minimum Gasteiger partial charge on any atom is -0.386 e. The van der Waals surface area contributed by atoms with Crippen molar-refractivity contribution in [3.05, 3.63) is 76.6 Å². The van der Waals surface area contributed by atoms with Crippen LogP contribution in [0.5, 0.6) is 0 Å². The quantitative estimate of drug-likeness (QED) is 0.145. The van der Waals surface area contributed by atoms with E-state index in [2.05, 4.69) is 30.7 Å². The summed E-state index contributed by atoms with van der Waals surface area (Å²) in [4.78, 5) is 78.0. The molecule has 0 radical (unpaired) electrons. The van der Waals surface area contributed by atoms with Gasteiger partial charge in [0.1, 0.15) is 17.4 Å². The summed E-state index contributed by atoms with van der Waals surface area (Å²) in [6, 6.07) is 10.7. The van der Waals surface area contributed by atoms with E-state index < -0.39 is 58.7 Å². The summed E-state index contributed by atoms with van der Waals surface area (Å²) in [5.74, 6) is -1.97. The fraction of sp³-hybridized carbons (Fsp3) is 0.465. The number of hydrogen-bond donors (Lipinski definition) is 4. The Balaban J connectivity index is 0.753. The second-order valence-corrected chi connectivity index (χ2v) is 18.7. The van der Waals surface area contributed by atoms with Gasteiger partial charge in [0.15, 0.2) is 5.13 Å². The number of amides is 5. The van der Waals surface area contributed by atoms with Gasteiger partial charge in [-0.2, -0.15) is 13.2 Å². The van der Waals surface area contributed by atoms with E-state index in [1.807, 2.05) is 0 Å². The molecule has 4 aliphatic heterocycles. The highest BCUT2D eigenvalue weighted by atomic mass is 32.1. The number of nitrogens with one attached hydrogen (secondary N) is 3. The molecule has 4 N–H and O–H groups in total. The predicted molar refractivity (Wildman–Crippen MR) is 220 cm³/mol. The molecule has 4 fully saturated rings. The van der Waals surface area contributed by atoms with Gasteiger partial charge in [0, 0.05) is 55.5 Å². The number of piperidine rings is 2. The standard InChI is InChI=1S/C43H45F3N8O6S/c1-41(2,60)26-15-30-32(16-29(26)49-36(56)28-7-4-8-33(48-28)43(44,45)46)61-40(50-30)53-21-24(22-53)20-52-13-11-42(12-14-52)17-23(18-42)19-47-27-6-3-5-25-35(27)39(59)54(38(25)58)31-9-10-34(55)51-37(31)57/h3-8,15-16,23-24,31,47,60H,9-14,17-22H2,1-2H3,(H,49,56)(H,51,55,57). The second kappa shape index (κ2) is 15.2. The van der Waals surface area contributed by atoms with Gasteiger partial charge in [0.2, 0.25) is 11.8 Å². The van der Waals surface area contributed by atoms with Gasteiger partial charge < -0.3 is 25.5 Å². The lowest BCUT2D eigenvalue weighted by Gasteiger charge is -2.53. The molecule has 1 spiro atoms. The number of anilines is 3. The number of pyridine rings is 1. The first-order valence-corrected chi connectivity index (χ1v) is 21.4. The summed E-state index contributed by atoms with van der Waals surface area (Å²) in [6.45, 7) is 8.56. The van der Waals surface area contributed by atoms with Crippen molar-refractivity contribution in [1.29, 1.82) is 0 Å². The van der Waals surface area contributed by atoms with Crippen molar-refractivity contribution in [1.82, 2.24) is 25.1 Å². The lowest BCUT2D eigenvalue weighted by Crippen LogP contribution is -2.54. The summed E-state index contributed by atoms with van der Waals surface area (Å²) in [5, 5.41) is 20.1. The minimum atomic E-state index is -4.70. The molecule has 1 saturated carbocycles. The number of hydrogen-bond acceptors (Lipinski definition) is 12. The maximum atomic E-state index is 13.5. The van der Waals surface area contributed by atoms with Crippen LogP contribution in [0, 0.1) is 17.3 Å². The molecule has 9 rings (SSSR count). The van der Waals surface area contributed by atoms with Gasteiger partial charge in [0.05, 0.1) is 26.9 Å². The van der Waals surface area contributed by atoms with E-state index in [-0.39, 0.29) is 29.7 Å². The average Bonchev–Trinajstić information content (AvgIpc) is 3.71. The SMILES string of the molecule is CC(C)(O)c1cc2nc(N3CC(CN4CCC5(CC4)CC(CNc4cccc6c4C(=O)N(C4CCC(=O)NC4=O)C6=O)C5)C3)sc2cc1NC(=O)c1cccc(C(F)(F)F)n1. The summed E-state index contributed by atoms with van der Waals surface area (Å²) in [5.41, 5.74) is -0.194. The number of thiazole rings is 1. The molecule has 1 atom stereocenters. The maximum Gasteiger partial charge on any atom is 0.433 e. The van der Waals surface area contributed by atoms with Crippen molar-refractivity contribution in [2.75, 3.05) is 54.8 Å². The first-order valence-electron chi connectivity index (χ1n) is 20.5. The van der Waals surface area contributed by atoms with Crippen LogP contribution in [-0.2, 0) is 21.4 Å². The molecular formula is C43H45F3N8O6S. The van der Waals surface area contributed by atoms with Crippen molar-refractivity contribution in [3.8, 4) is 0 Å². The molecule has 6 heterocycles. The predicted octanol–water partition coefficient (Wildman–Crippen LogP) is 5.63. The molecule has 320 valence electrons.